The van der Waals surface area contributed by atoms with E-state index in [1.165, 1.54) is 29.1 Å². The Hall–Kier alpha value is -3.07. The summed E-state index contributed by atoms with van der Waals surface area (Å²) in [5.74, 6) is -2.43. The molecule has 0 radical (unpaired) electrons. The van der Waals surface area contributed by atoms with Gasteiger partial charge in [0, 0.05) is 18.7 Å². The SMILES string of the molecule is CC(C)CC(N[C@@H](Cc1cn(-c2ccc(O)cc2O)cn1)C(=O)O)C(=O)O. The van der Waals surface area contributed by atoms with Crippen LogP contribution < -0.4 is 5.32 Å². The molecule has 0 aliphatic carbocycles. The van der Waals surface area contributed by atoms with Crippen LogP contribution in [0.3, 0.4) is 0 Å². The van der Waals surface area contributed by atoms with Gasteiger partial charge in [0.1, 0.15) is 23.6 Å². The number of hydrogen-bond acceptors (Lipinski definition) is 6. The van der Waals surface area contributed by atoms with Crippen LogP contribution in [0.1, 0.15) is 26.0 Å². The number of carboxylic acid groups (broad SMARTS) is 2. The van der Waals surface area contributed by atoms with Crippen LogP contribution in [-0.2, 0) is 16.0 Å². The molecular formula is C18H23N3O6. The fourth-order valence-electron chi connectivity index (χ4n) is 2.71. The van der Waals surface area contributed by atoms with Crippen LogP contribution in [0.2, 0.25) is 0 Å². The van der Waals surface area contributed by atoms with Crippen molar-refractivity contribution in [2.45, 2.75) is 38.8 Å². The standard InChI is InChI=1S/C18H23N3O6/c1-10(2)5-13(17(24)25)20-14(18(26)27)6-11-8-21(9-19-11)15-4-3-12(22)7-16(15)23/h3-4,7-10,13-14,20,22-23H,5-6H2,1-2H3,(H,24,25)(H,26,27)/t13?,14-/m0/s1. The molecule has 1 unspecified atom stereocenters. The van der Waals surface area contributed by atoms with Gasteiger partial charge in [-0.2, -0.15) is 0 Å². The van der Waals surface area contributed by atoms with E-state index >= 15 is 0 Å². The van der Waals surface area contributed by atoms with Crippen molar-refractivity contribution >= 4 is 11.9 Å². The Morgan fingerprint density at radius 2 is 1.81 bits per heavy atom. The van der Waals surface area contributed by atoms with Crippen LogP contribution >= 0.6 is 0 Å². The maximum atomic E-state index is 11.6. The van der Waals surface area contributed by atoms with Crippen LogP contribution in [0, 0.1) is 5.92 Å². The molecule has 27 heavy (non-hydrogen) atoms. The second-order valence-electron chi connectivity index (χ2n) is 6.73. The molecule has 9 nitrogen and oxygen atoms in total. The monoisotopic (exact) mass is 377 g/mol. The number of aromatic hydroxyl groups is 2. The topological polar surface area (TPSA) is 145 Å². The molecule has 0 saturated heterocycles. The predicted molar refractivity (Wildman–Crippen MR) is 96.0 cm³/mol. The highest BCUT2D eigenvalue weighted by Crippen LogP contribution is 2.26. The first-order valence-corrected chi connectivity index (χ1v) is 8.44. The molecule has 146 valence electrons. The lowest BCUT2D eigenvalue weighted by Gasteiger charge is -2.21. The second kappa shape index (κ2) is 8.54. The summed E-state index contributed by atoms with van der Waals surface area (Å²) in [5.41, 5.74) is 0.783. The molecule has 2 aromatic rings. The van der Waals surface area contributed by atoms with Gasteiger partial charge in [-0.25, -0.2) is 4.98 Å². The molecule has 0 aliphatic rings. The fourth-order valence-corrected chi connectivity index (χ4v) is 2.71. The molecule has 5 N–H and O–H groups in total. The Labute approximate surface area is 155 Å². The number of imidazole rings is 1. The minimum atomic E-state index is -1.17. The lowest BCUT2D eigenvalue weighted by atomic mass is 10.0. The van der Waals surface area contributed by atoms with E-state index < -0.39 is 24.0 Å². The van der Waals surface area contributed by atoms with E-state index in [1.807, 2.05) is 13.8 Å². The minimum absolute atomic E-state index is 0.0247. The van der Waals surface area contributed by atoms with E-state index in [4.69, 9.17) is 0 Å². The molecule has 0 spiro atoms. The third kappa shape index (κ3) is 5.45. The number of nitrogens with one attached hydrogen (secondary N) is 1. The molecule has 0 fully saturated rings. The van der Waals surface area contributed by atoms with E-state index in [0.717, 1.165) is 0 Å². The van der Waals surface area contributed by atoms with Crippen molar-refractivity contribution in [3.8, 4) is 17.2 Å². The quantitative estimate of drug-likeness (QED) is 0.440. The first-order valence-electron chi connectivity index (χ1n) is 8.44. The zero-order valence-electron chi connectivity index (χ0n) is 15.0. The molecule has 0 amide bonds. The number of aliphatic carboxylic acids is 2. The summed E-state index contributed by atoms with van der Waals surface area (Å²) in [6.07, 6.45) is 3.23. The average molecular weight is 377 g/mol. The van der Waals surface area contributed by atoms with Crippen LogP contribution in [0.15, 0.2) is 30.7 Å². The highest BCUT2D eigenvalue weighted by atomic mass is 16.4. The van der Waals surface area contributed by atoms with Gasteiger partial charge in [-0.3, -0.25) is 14.9 Å². The number of carboxylic acids is 2. The lowest BCUT2D eigenvalue weighted by molar-refractivity contribution is -0.142. The van der Waals surface area contributed by atoms with Crippen molar-refractivity contribution in [3.05, 3.63) is 36.4 Å². The number of phenols is 2. The number of carbonyl (C=O) groups is 2. The Morgan fingerprint density at radius 3 is 2.37 bits per heavy atom. The highest BCUT2D eigenvalue weighted by Gasteiger charge is 2.27. The van der Waals surface area contributed by atoms with Crippen LogP contribution in [0.25, 0.3) is 5.69 Å². The first-order chi connectivity index (χ1) is 12.7. The van der Waals surface area contributed by atoms with Crippen molar-refractivity contribution in [2.75, 3.05) is 0 Å². The third-order valence-corrected chi connectivity index (χ3v) is 3.99. The van der Waals surface area contributed by atoms with Crippen LogP contribution in [-0.4, -0.2) is 54.0 Å². The molecule has 1 aromatic carbocycles. The summed E-state index contributed by atoms with van der Waals surface area (Å²) in [6.45, 7) is 3.72. The van der Waals surface area contributed by atoms with Gasteiger partial charge in [-0.05, 0) is 24.5 Å². The Morgan fingerprint density at radius 1 is 1.15 bits per heavy atom. The second-order valence-corrected chi connectivity index (χ2v) is 6.73. The van der Waals surface area contributed by atoms with Crippen molar-refractivity contribution in [2.24, 2.45) is 5.92 Å². The summed E-state index contributed by atoms with van der Waals surface area (Å²) in [4.78, 5) is 27.1. The molecule has 0 aliphatic heterocycles. The van der Waals surface area contributed by atoms with Gasteiger partial charge >= 0.3 is 11.9 Å². The first kappa shape index (κ1) is 20.2. The molecule has 2 rings (SSSR count). The average Bonchev–Trinajstić information content (AvgIpc) is 3.01. The highest BCUT2D eigenvalue weighted by molar-refractivity contribution is 5.77. The summed E-state index contributed by atoms with van der Waals surface area (Å²) >= 11 is 0. The van der Waals surface area contributed by atoms with E-state index in [9.17, 15) is 30.0 Å². The van der Waals surface area contributed by atoms with Crippen molar-refractivity contribution in [3.63, 3.8) is 0 Å². The third-order valence-electron chi connectivity index (χ3n) is 3.99. The maximum absolute atomic E-state index is 11.6. The zero-order chi connectivity index (χ0) is 20.1. The smallest absolute Gasteiger partial charge is 0.321 e. The lowest BCUT2D eigenvalue weighted by Crippen LogP contribution is -2.48. The molecule has 0 bridgehead atoms. The summed E-state index contributed by atoms with van der Waals surface area (Å²) in [6, 6.07) is 1.97. The van der Waals surface area contributed by atoms with Crippen LogP contribution in [0.4, 0.5) is 0 Å². The molecule has 1 aromatic heterocycles. The predicted octanol–water partition coefficient (Wildman–Crippen LogP) is 1.37. The number of phenolic OH excluding ortho intramolecular Hbond substituents is 2. The van der Waals surface area contributed by atoms with E-state index in [1.54, 1.807) is 6.20 Å². The molecule has 2 atom stereocenters. The van der Waals surface area contributed by atoms with Gasteiger partial charge < -0.3 is 25.0 Å². The van der Waals surface area contributed by atoms with Crippen molar-refractivity contribution in [1.82, 2.24) is 14.9 Å². The Bertz CT molecular complexity index is 817. The van der Waals surface area contributed by atoms with E-state index in [-0.39, 0.29) is 23.8 Å². The number of benzene rings is 1. The van der Waals surface area contributed by atoms with Gasteiger partial charge in [0.15, 0.2) is 0 Å². The van der Waals surface area contributed by atoms with Gasteiger partial charge in [0.25, 0.3) is 0 Å². The fraction of sp³-hybridized carbons (Fsp3) is 0.389. The van der Waals surface area contributed by atoms with Gasteiger partial charge in [0.2, 0.25) is 0 Å². The minimum Gasteiger partial charge on any atom is -0.508 e. The molecular weight excluding hydrogens is 354 g/mol. The zero-order valence-corrected chi connectivity index (χ0v) is 15.0. The largest absolute Gasteiger partial charge is 0.508 e. The summed E-state index contributed by atoms with van der Waals surface area (Å²) in [7, 11) is 0. The number of aromatic nitrogens is 2. The molecule has 1 heterocycles. The maximum Gasteiger partial charge on any atom is 0.321 e. The van der Waals surface area contributed by atoms with Gasteiger partial charge in [-0.1, -0.05) is 13.8 Å². The van der Waals surface area contributed by atoms with E-state index in [0.29, 0.717) is 17.8 Å². The Balaban J connectivity index is 2.16. The van der Waals surface area contributed by atoms with Gasteiger partial charge in [-0.15, -0.1) is 0 Å². The van der Waals surface area contributed by atoms with Crippen molar-refractivity contribution in [1.29, 1.82) is 0 Å². The normalized spacial score (nSPS) is 13.4. The number of hydrogen-bond donors (Lipinski definition) is 5. The molecule has 9 heteroatoms. The summed E-state index contributed by atoms with van der Waals surface area (Å²) in [5, 5.41) is 40.7. The van der Waals surface area contributed by atoms with Crippen LogP contribution in [0.5, 0.6) is 11.5 Å². The van der Waals surface area contributed by atoms with Crippen molar-refractivity contribution < 1.29 is 30.0 Å². The van der Waals surface area contributed by atoms with Gasteiger partial charge in [0.05, 0.1) is 17.7 Å². The summed E-state index contributed by atoms with van der Waals surface area (Å²) < 4.78 is 1.49. The van der Waals surface area contributed by atoms with E-state index in [2.05, 4.69) is 10.3 Å². The Kier molecular flexibility index (Phi) is 6.40. The molecule has 0 saturated carbocycles. The number of rotatable bonds is 9. The number of nitrogens with zero attached hydrogens (tertiary/aromatic N) is 2.